The van der Waals surface area contributed by atoms with Gasteiger partial charge in [0.15, 0.2) is 11.6 Å². The minimum atomic E-state index is -0.593. The molecule has 0 atom stereocenters. The maximum absolute atomic E-state index is 13.8. The summed E-state index contributed by atoms with van der Waals surface area (Å²) in [7, 11) is 0. The van der Waals surface area contributed by atoms with Crippen LogP contribution >= 0.6 is 0 Å². The van der Waals surface area contributed by atoms with Gasteiger partial charge in [0.1, 0.15) is 12.4 Å². The molecule has 0 unspecified atom stereocenters. The topological polar surface area (TPSA) is 41.9 Å². The van der Waals surface area contributed by atoms with Crippen LogP contribution in [-0.4, -0.2) is 36.4 Å². The largest absolute Gasteiger partial charge is 0.505 e. The molecule has 1 heterocycles. The molecule has 0 spiro atoms. The fraction of sp³-hybridized carbons (Fsp3) is 0.357. The Balaban J connectivity index is 1.61. The summed E-state index contributed by atoms with van der Waals surface area (Å²) in [6.45, 7) is 7.69. The van der Waals surface area contributed by atoms with Gasteiger partial charge in [0.2, 0.25) is 0 Å². The number of nitrogens with zero attached hydrogens (tertiary/aromatic N) is 1. The van der Waals surface area contributed by atoms with Crippen molar-refractivity contribution in [2.24, 2.45) is 0 Å². The number of benzene rings is 3. The maximum Gasteiger partial charge on any atom is 0.165 e. The van der Waals surface area contributed by atoms with E-state index in [1.165, 1.54) is 28.3 Å². The van der Waals surface area contributed by atoms with Gasteiger partial charge in [0.25, 0.3) is 0 Å². The lowest BCUT2D eigenvalue weighted by Crippen LogP contribution is -2.27. The first kappa shape index (κ1) is 23.3. The van der Waals surface area contributed by atoms with Crippen LogP contribution < -0.4 is 4.74 Å². The molecular formula is C28H32FNO3. The van der Waals surface area contributed by atoms with Gasteiger partial charge in [-0.05, 0) is 40.3 Å². The van der Waals surface area contributed by atoms with Gasteiger partial charge >= 0.3 is 0 Å². The summed E-state index contributed by atoms with van der Waals surface area (Å²) >= 11 is 0. The zero-order chi connectivity index (χ0) is 23.2. The highest BCUT2D eigenvalue weighted by Gasteiger charge is 2.14. The van der Waals surface area contributed by atoms with Crippen molar-refractivity contribution in [3.05, 3.63) is 94.3 Å². The van der Waals surface area contributed by atoms with Crippen molar-refractivity contribution in [2.45, 2.75) is 39.3 Å². The van der Waals surface area contributed by atoms with Gasteiger partial charge in [0.05, 0.1) is 13.2 Å². The number of fused-ring (bicyclic) bond motifs is 3. The Labute approximate surface area is 195 Å². The molecule has 0 saturated heterocycles. The smallest absolute Gasteiger partial charge is 0.165 e. The molecule has 1 aliphatic rings. The number of para-hydroxylation sites is 1. The van der Waals surface area contributed by atoms with E-state index < -0.39 is 5.82 Å². The Hall–Kier alpha value is -2.89. The van der Waals surface area contributed by atoms with E-state index in [9.17, 15) is 9.50 Å². The number of halogens is 1. The van der Waals surface area contributed by atoms with Crippen molar-refractivity contribution < 1.29 is 19.0 Å². The molecule has 0 amide bonds. The summed E-state index contributed by atoms with van der Waals surface area (Å²) in [5.41, 5.74) is 5.44. The van der Waals surface area contributed by atoms with Crippen LogP contribution in [0.4, 0.5) is 4.39 Å². The first-order chi connectivity index (χ1) is 16.0. The molecule has 0 aromatic heterocycles. The second kappa shape index (κ2) is 10.8. The molecule has 33 heavy (non-hydrogen) atoms. The van der Waals surface area contributed by atoms with Gasteiger partial charge in [-0.3, -0.25) is 4.90 Å². The Morgan fingerprint density at radius 1 is 0.970 bits per heavy atom. The number of hydrogen-bond acceptors (Lipinski definition) is 4. The molecule has 174 valence electrons. The third-order valence-corrected chi connectivity index (χ3v) is 6.04. The highest BCUT2D eigenvalue weighted by atomic mass is 19.1. The zero-order valence-corrected chi connectivity index (χ0v) is 19.4. The Morgan fingerprint density at radius 2 is 1.79 bits per heavy atom. The lowest BCUT2D eigenvalue weighted by Gasteiger charge is -2.24. The predicted molar refractivity (Wildman–Crippen MR) is 128 cm³/mol. The van der Waals surface area contributed by atoms with Crippen LogP contribution in [-0.2, 0) is 24.2 Å². The van der Waals surface area contributed by atoms with E-state index in [0.29, 0.717) is 50.9 Å². The average molecular weight is 450 g/mol. The SMILES string of the molecule is CC(C)c1ccc2c(c1)Cc1cccc(c1)CN(Cc1cccc(F)c1O)CCOCCO2. The predicted octanol–water partition coefficient (Wildman–Crippen LogP) is 5.66. The highest BCUT2D eigenvalue weighted by molar-refractivity contribution is 5.42. The molecule has 4 nitrogen and oxygen atoms in total. The summed E-state index contributed by atoms with van der Waals surface area (Å²) in [6.07, 6.45) is 0.787. The molecule has 1 N–H and O–H groups in total. The fourth-order valence-electron chi connectivity index (χ4n) is 4.20. The molecule has 2 bridgehead atoms. The molecule has 5 heteroatoms. The molecule has 1 aliphatic heterocycles. The maximum atomic E-state index is 13.8. The van der Waals surface area contributed by atoms with Crippen molar-refractivity contribution in [3.8, 4) is 11.5 Å². The van der Waals surface area contributed by atoms with Gasteiger partial charge in [0, 0.05) is 31.6 Å². The summed E-state index contributed by atoms with van der Waals surface area (Å²) < 4.78 is 25.8. The molecule has 0 fully saturated rings. The number of ether oxygens (including phenoxy) is 2. The van der Waals surface area contributed by atoms with Crippen LogP contribution in [0.5, 0.6) is 11.5 Å². The van der Waals surface area contributed by atoms with Crippen molar-refractivity contribution >= 4 is 0 Å². The summed E-state index contributed by atoms with van der Waals surface area (Å²) in [6, 6.07) is 19.7. The summed E-state index contributed by atoms with van der Waals surface area (Å²) in [4.78, 5) is 2.17. The normalized spacial score (nSPS) is 15.5. The van der Waals surface area contributed by atoms with Crippen molar-refractivity contribution in [1.29, 1.82) is 0 Å². The molecule has 3 aromatic carbocycles. The van der Waals surface area contributed by atoms with Gasteiger partial charge < -0.3 is 14.6 Å². The Bertz CT molecular complexity index is 1080. The van der Waals surface area contributed by atoms with Crippen molar-refractivity contribution in [3.63, 3.8) is 0 Å². The highest BCUT2D eigenvalue weighted by Crippen LogP contribution is 2.28. The van der Waals surface area contributed by atoms with Crippen LogP contribution in [0.15, 0.2) is 60.7 Å². The zero-order valence-electron chi connectivity index (χ0n) is 19.4. The second-order valence-corrected chi connectivity index (χ2v) is 8.94. The first-order valence-electron chi connectivity index (χ1n) is 11.6. The van der Waals surface area contributed by atoms with Crippen LogP contribution in [0, 0.1) is 5.82 Å². The van der Waals surface area contributed by atoms with Gasteiger partial charge in [-0.15, -0.1) is 0 Å². The van der Waals surface area contributed by atoms with Gasteiger partial charge in [-0.2, -0.15) is 0 Å². The number of rotatable bonds is 3. The molecule has 4 rings (SSSR count). The van der Waals surface area contributed by atoms with Gasteiger partial charge in [-0.25, -0.2) is 4.39 Å². The minimum Gasteiger partial charge on any atom is -0.505 e. The Morgan fingerprint density at radius 3 is 2.64 bits per heavy atom. The van der Waals surface area contributed by atoms with E-state index in [2.05, 4.69) is 61.2 Å². The van der Waals surface area contributed by atoms with E-state index in [4.69, 9.17) is 9.47 Å². The van der Waals surface area contributed by atoms with E-state index in [1.807, 2.05) is 0 Å². The number of phenols is 1. The van der Waals surface area contributed by atoms with Gasteiger partial charge in [-0.1, -0.05) is 62.4 Å². The Kier molecular flexibility index (Phi) is 7.63. The fourth-order valence-corrected chi connectivity index (χ4v) is 4.20. The quantitative estimate of drug-likeness (QED) is 0.561. The van der Waals surface area contributed by atoms with E-state index in [-0.39, 0.29) is 5.75 Å². The summed E-state index contributed by atoms with van der Waals surface area (Å²) in [5.74, 6) is 0.487. The lowest BCUT2D eigenvalue weighted by molar-refractivity contribution is 0.0755. The number of aromatic hydroxyl groups is 1. The van der Waals surface area contributed by atoms with E-state index in [1.54, 1.807) is 12.1 Å². The lowest BCUT2D eigenvalue weighted by atomic mass is 9.96. The third-order valence-electron chi connectivity index (χ3n) is 6.04. The van der Waals surface area contributed by atoms with Crippen LogP contribution in [0.2, 0.25) is 0 Å². The number of hydrogen-bond donors (Lipinski definition) is 1. The average Bonchev–Trinajstić information content (AvgIpc) is 2.79. The number of phenolic OH excluding ortho intramolecular Hbond substituents is 1. The molecular weight excluding hydrogens is 417 g/mol. The molecule has 0 aliphatic carbocycles. The molecule has 3 aromatic rings. The minimum absolute atomic E-state index is 0.280. The van der Waals surface area contributed by atoms with E-state index in [0.717, 1.165) is 12.2 Å². The molecule has 0 radical (unpaired) electrons. The summed E-state index contributed by atoms with van der Waals surface area (Å²) in [5, 5.41) is 10.1. The first-order valence-corrected chi connectivity index (χ1v) is 11.6. The third kappa shape index (κ3) is 6.12. The molecule has 0 saturated carbocycles. The van der Waals surface area contributed by atoms with Crippen molar-refractivity contribution in [2.75, 3.05) is 26.4 Å². The standard InChI is InChI=1S/C28H32FNO3/c1-20(2)23-9-10-27-25(17-23)16-21-5-3-6-22(15-21)18-30(11-12-32-13-14-33-27)19-24-7-4-8-26(29)28(24)31/h3-10,15,17,20,31H,11-14,16,18-19H2,1-2H3. The second-order valence-electron chi connectivity index (χ2n) is 8.94. The van der Waals surface area contributed by atoms with Crippen LogP contribution in [0.3, 0.4) is 0 Å². The van der Waals surface area contributed by atoms with Crippen LogP contribution in [0.1, 0.15) is 47.6 Å². The van der Waals surface area contributed by atoms with Crippen molar-refractivity contribution in [1.82, 2.24) is 4.90 Å². The monoisotopic (exact) mass is 449 g/mol. The van der Waals surface area contributed by atoms with E-state index >= 15 is 0 Å². The van der Waals surface area contributed by atoms with Crippen LogP contribution in [0.25, 0.3) is 0 Å².